The van der Waals surface area contributed by atoms with Crippen molar-refractivity contribution in [3.05, 3.63) is 10.3 Å². The Kier molecular flexibility index (Phi) is 5.64. The van der Waals surface area contributed by atoms with E-state index in [9.17, 15) is 4.79 Å². The lowest BCUT2D eigenvalue weighted by Gasteiger charge is -1.95. The van der Waals surface area contributed by atoms with E-state index >= 15 is 0 Å². The van der Waals surface area contributed by atoms with Gasteiger partial charge in [-0.15, -0.1) is 0 Å². The number of hydrogen-bond donors (Lipinski definition) is 2. The average molecular weight is 243 g/mol. The molecule has 2 N–H and O–H groups in total. The summed E-state index contributed by atoms with van der Waals surface area (Å²) in [5, 5.41) is 8.02. The Balaban J connectivity index is 3.01. The lowest BCUT2D eigenvalue weighted by Crippen LogP contribution is -2.14. The third kappa shape index (κ3) is 7.70. The molecule has 0 aliphatic carbocycles. The first-order chi connectivity index (χ1) is 4.27. The summed E-state index contributed by atoms with van der Waals surface area (Å²) in [6, 6.07) is 0. The number of hydrogen-bond acceptors (Lipinski definition) is 3. The Hall–Kier alpha value is -0.300. The van der Waals surface area contributed by atoms with Crippen molar-refractivity contribution in [2.75, 3.05) is 6.61 Å². The van der Waals surface area contributed by atoms with E-state index in [-0.39, 0.29) is 6.61 Å². The summed E-state index contributed by atoms with van der Waals surface area (Å²) in [6.45, 7) is -0.332. The molecular formula is C4H6INO3. The number of halogens is 1. The first kappa shape index (κ1) is 8.70. The normalized spacial score (nSPS) is 9.89. The van der Waals surface area contributed by atoms with Crippen molar-refractivity contribution in [3.8, 4) is 0 Å². The van der Waals surface area contributed by atoms with Gasteiger partial charge in [0.15, 0.2) is 6.61 Å². The molecule has 4 nitrogen and oxygen atoms in total. The molecule has 52 valence electrons. The summed E-state index contributed by atoms with van der Waals surface area (Å²) in [5.74, 6) is -0.996. The fourth-order valence-electron chi connectivity index (χ4n) is 0.177. The van der Waals surface area contributed by atoms with Gasteiger partial charge in [0, 0.05) is 6.20 Å². The van der Waals surface area contributed by atoms with Gasteiger partial charge in [0.05, 0.1) is 0 Å². The second-order valence-electron chi connectivity index (χ2n) is 1.09. The van der Waals surface area contributed by atoms with Gasteiger partial charge in [-0.2, -0.15) is 0 Å². The number of aliphatic carboxylic acids is 1. The highest BCUT2D eigenvalue weighted by Gasteiger charge is 1.91. The molecule has 0 aromatic rings. The zero-order chi connectivity index (χ0) is 7.11. The van der Waals surface area contributed by atoms with E-state index < -0.39 is 5.97 Å². The highest BCUT2D eigenvalue weighted by molar-refractivity contribution is 14.1. The van der Waals surface area contributed by atoms with Gasteiger partial charge in [0.25, 0.3) is 0 Å². The predicted octanol–water partition coefficient (Wildman–Crippen LogP) is 0.498. The van der Waals surface area contributed by atoms with E-state index in [0.717, 1.165) is 0 Å². The summed E-state index contributed by atoms with van der Waals surface area (Å²) in [5.41, 5.74) is 2.30. The topological polar surface area (TPSA) is 58.6 Å². The van der Waals surface area contributed by atoms with E-state index in [0.29, 0.717) is 0 Å². The molecule has 0 saturated heterocycles. The van der Waals surface area contributed by atoms with Gasteiger partial charge < -0.3 is 5.11 Å². The molecule has 0 bridgehead atoms. The molecule has 0 fully saturated rings. The van der Waals surface area contributed by atoms with Crippen molar-refractivity contribution in [1.29, 1.82) is 0 Å². The molecule has 0 aliphatic heterocycles. The zero-order valence-electron chi connectivity index (χ0n) is 4.50. The lowest BCUT2D eigenvalue weighted by molar-refractivity contribution is -0.144. The summed E-state index contributed by atoms with van der Waals surface area (Å²) >= 11 is 1.97. The Morgan fingerprint density at radius 1 is 1.89 bits per heavy atom. The van der Waals surface area contributed by atoms with Crippen molar-refractivity contribution in [3.63, 3.8) is 0 Å². The minimum atomic E-state index is -0.996. The van der Waals surface area contributed by atoms with Crippen LogP contribution in [0.5, 0.6) is 0 Å². The Morgan fingerprint density at radius 3 is 3.00 bits per heavy atom. The largest absolute Gasteiger partial charge is 0.479 e. The van der Waals surface area contributed by atoms with Gasteiger partial charge in [0.1, 0.15) is 0 Å². The standard InChI is InChI=1S/C4H6INO3/c5-1-2-6-9-3-4(7)8/h1-2,6H,3H2,(H,7,8). The maximum Gasteiger partial charge on any atom is 0.332 e. The summed E-state index contributed by atoms with van der Waals surface area (Å²) in [6.07, 6.45) is 1.49. The zero-order valence-corrected chi connectivity index (χ0v) is 6.66. The van der Waals surface area contributed by atoms with Crippen LogP contribution in [-0.4, -0.2) is 17.7 Å². The molecule has 0 saturated carbocycles. The molecular weight excluding hydrogens is 237 g/mol. The summed E-state index contributed by atoms with van der Waals surface area (Å²) < 4.78 is 1.67. The first-order valence-electron chi connectivity index (χ1n) is 2.11. The van der Waals surface area contributed by atoms with E-state index in [1.54, 1.807) is 4.08 Å². The molecule has 5 heteroatoms. The Bertz CT molecular complexity index is 114. The first-order valence-corrected chi connectivity index (χ1v) is 3.36. The van der Waals surface area contributed by atoms with Crippen LogP contribution in [-0.2, 0) is 9.63 Å². The third-order valence-electron chi connectivity index (χ3n) is 0.410. The molecule has 0 amide bonds. The van der Waals surface area contributed by atoms with Gasteiger partial charge in [-0.1, -0.05) is 22.6 Å². The predicted molar refractivity (Wildman–Crippen MR) is 39.9 cm³/mol. The van der Waals surface area contributed by atoms with E-state index in [1.807, 2.05) is 22.6 Å². The second kappa shape index (κ2) is 5.83. The average Bonchev–Trinajstić information content (AvgIpc) is 1.80. The van der Waals surface area contributed by atoms with Crippen LogP contribution >= 0.6 is 22.6 Å². The molecule has 0 aromatic carbocycles. The SMILES string of the molecule is O=C(O)CONC=CI. The summed E-state index contributed by atoms with van der Waals surface area (Å²) in [7, 11) is 0. The second-order valence-corrected chi connectivity index (χ2v) is 1.81. The van der Waals surface area contributed by atoms with Crippen LogP contribution in [0, 0.1) is 0 Å². The number of hydroxylamine groups is 1. The molecule has 0 radical (unpaired) electrons. The van der Waals surface area contributed by atoms with Crippen molar-refractivity contribution >= 4 is 28.6 Å². The van der Waals surface area contributed by atoms with Crippen molar-refractivity contribution in [2.24, 2.45) is 0 Å². The van der Waals surface area contributed by atoms with Gasteiger partial charge in [-0.3, -0.25) is 10.3 Å². The number of nitrogens with one attached hydrogen (secondary N) is 1. The van der Waals surface area contributed by atoms with Gasteiger partial charge in [-0.25, -0.2) is 4.79 Å². The monoisotopic (exact) mass is 243 g/mol. The lowest BCUT2D eigenvalue weighted by atomic mass is 10.8. The number of rotatable bonds is 4. The minimum absolute atomic E-state index is 0.332. The van der Waals surface area contributed by atoms with Gasteiger partial charge in [-0.05, 0) is 4.08 Å². The van der Waals surface area contributed by atoms with E-state index in [1.165, 1.54) is 6.20 Å². The minimum Gasteiger partial charge on any atom is -0.479 e. The molecule has 0 atom stereocenters. The van der Waals surface area contributed by atoms with Crippen LogP contribution in [0.2, 0.25) is 0 Å². The molecule has 0 unspecified atom stereocenters. The van der Waals surface area contributed by atoms with Crippen molar-refractivity contribution in [2.45, 2.75) is 0 Å². The van der Waals surface area contributed by atoms with E-state index in [4.69, 9.17) is 5.11 Å². The highest BCUT2D eigenvalue weighted by Crippen LogP contribution is 1.79. The number of carboxylic acids is 1. The quantitative estimate of drug-likeness (QED) is 0.428. The van der Waals surface area contributed by atoms with Crippen LogP contribution in [0.3, 0.4) is 0 Å². The fraction of sp³-hybridized carbons (Fsp3) is 0.250. The molecule has 0 aliphatic rings. The molecule has 9 heavy (non-hydrogen) atoms. The van der Waals surface area contributed by atoms with Crippen LogP contribution in [0.15, 0.2) is 10.3 Å². The van der Waals surface area contributed by atoms with Crippen LogP contribution in [0.25, 0.3) is 0 Å². The van der Waals surface area contributed by atoms with Crippen LogP contribution in [0.1, 0.15) is 0 Å². The van der Waals surface area contributed by atoms with Crippen LogP contribution < -0.4 is 5.48 Å². The highest BCUT2D eigenvalue weighted by atomic mass is 127. The maximum atomic E-state index is 9.77. The van der Waals surface area contributed by atoms with Gasteiger partial charge in [0.2, 0.25) is 0 Å². The Labute approximate surface area is 66.0 Å². The fourth-order valence-corrected chi connectivity index (χ4v) is 0.324. The van der Waals surface area contributed by atoms with Gasteiger partial charge >= 0.3 is 5.97 Å². The third-order valence-corrected chi connectivity index (χ3v) is 0.770. The van der Waals surface area contributed by atoms with Crippen molar-refractivity contribution < 1.29 is 14.7 Å². The smallest absolute Gasteiger partial charge is 0.332 e. The number of carboxylic acid groups (broad SMARTS) is 1. The van der Waals surface area contributed by atoms with Crippen molar-refractivity contribution in [1.82, 2.24) is 5.48 Å². The van der Waals surface area contributed by atoms with E-state index in [2.05, 4.69) is 10.3 Å². The molecule has 0 heterocycles. The van der Waals surface area contributed by atoms with Crippen LogP contribution in [0.4, 0.5) is 0 Å². The summed E-state index contributed by atoms with van der Waals surface area (Å²) in [4.78, 5) is 14.2. The maximum absolute atomic E-state index is 9.77. The molecule has 0 rings (SSSR count). The Morgan fingerprint density at radius 2 is 2.56 bits per heavy atom. The number of carbonyl (C=O) groups is 1. The molecule has 0 aromatic heterocycles. The molecule has 0 spiro atoms.